The van der Waals surface area contributed by atoms with Gasteiger partial charge in [-0.2, -0.15) is 0 Å². The van der Waals surface area contributed by atoms with Crippen LogP contribution in [0.15, 0.2) is 30.3 Å². The van der Waals surface area contributed by atoms with Gasteiger partial charge in [-0.3, -0.25) is 0 Å². The van der Waals surface area contributed by atoms with E-state index < -0.39 is 18.4 Å². The average molecular weight is 469 g/mol. The van der Waals surface area contributed by atoms with Gasteiger partial charge in [-0.1, -0.05) is 0 Å². The molecule has 26 heavy (non-hydrogen) atoms. The van der Waals surface area contributed by atoms with Gasteiger partial charge in [0.2, 0.25) is 0 Å². The van der Waals surface area contributed by atoms with Crippen LogP contribution in [0.2, 0.25) is 13.3 Å². The molecule has 0 unspecified atom stereocenters. The SMILES string of the molecule is CCC[CH2][Sn]([CH2]CCC)([CH2]CCC)[C@H](CC)OCOCc1ccccc1. The molecule has 0 spiro atoms. The van der Waals surface area contributed by atoms with E-state index in [0.717, 1.165) is 0 Å². The second-order valence-electron chi connectivity index (χ2n) is 7.69. The van der Waals surface area contributed by atoms with E-state index in [1.165, 1.54) is 63.8 Å². The van der Waals surface area contributed by atoms with E-state index in [4.69, 9.17) is 9.47 Å². The number of unbranched alkanes of at least 4 members (excludes halogenated alkanes) is 3. The molecule has 0 radical (unpaired) electrons. The number of rotatable bonds is 16. The molecule has 150 valence electrons. The molecule has 0 bridgehead atoms. The Labute approximate surface area is 166 Å². The minimum atomic E-state index is -2.31. The molecule has 3 heteroatoms. The molecule has 0 aliphatic carbocycles. The third-order valence-electron chi connectivity index (χ3n) is 5.60. The molecule has 1 aromatic rings. The molecule has 1 rings (SSSR count). The molecular weight excluding hydrogens is 427 g/mol. The molecule has 1 aromatic carbocycles. The Bertz CT molecular complexity index is 413. The summed E-state index contributed by atoms with van der Waals surface area (Å²) in [6.07, 6.45) is 9.31. The second-order valence-corrected chi connectivity index (χ2v) is 21.6. The van der Waals surface area contributed by atoms with Crippen molar-refractivity contribution >= 4 is 18.4 Å². The van der Waals surface area contributed by atoms with Crippen LogP contribution in [0.5, 0.6) is 0 Å². The molecule has 0 aromatic heterocycles. The first-order valence-electron chi connectivity index (χ1n) is 11.0. The van der Waals surface area contributed by atoms with Gasteiger partial charge in [0.1, 0.15) is 0 Å². The van der Waals surface area contributed by atoms with Crippen molar-refractivity contribution in [2.75, 3.05) is 6.79 Å². The van der Waals surface area contributed by atoms with Gasteiger partial charge in [-0.05, 0) is 0 Å². The summed E-state index contributed by atoms with van der Waals surface area (Å²) in [5.41, 5.74) is 1.22. The molecule has 1 atom stereocenters. The first-order valence-corrected chi connectivity index (χ1v) is 18.7. The van der Waals surface area contributed by atoms with E-state index in [1.807, 2.05) is 6.07 Å². The first kappa shape index (κ1) is 24.0. The third-order valence-corrected chi connectivity index (χ3v) is 22.7. The van der Waals surface area contributed by atoms with E-state index >= 15 is 0 Å². The quantitative estimate of drug-likeness (QED) is 0.143. The van der Waals surface area contributed by atoms with Crippen LogP contribution >= 0.6 is 0 Å². The molecule has 0 aliphatic heterocycles. The zero-order valence-electron chi connectivity index (χ0n) is 17.8. The molecule has 0 fully saturated rings. The third kappa shape index (κ3) is 8.75. The van der Waals surface area contributed by atoms with Crippen molar-refractivity contribution in [3.63, 3.8) is 0 Å². The molecule has 0 aliphatic rings. The van der Waals surface area contributed by atoms with Crippen molar-refractivity contribution in [1.29, 1.82) is 0 Å². The molecule has 0 saturated heterocycles. The van der Waals surface area contributed by atoms with Crippen LogP contribution < -0.4 is 0 Å². The van der Waals surface area contributed by atoms with Crippen LogP contribution in [0, 0.1) is 0 Å². The normalized spacial score (nSPS) is 13.1. The summed E-state index contributed by atoms with van der Waals surface area (Å²) in [5.74, 6) is 0. The van der Waals surface area contributed by atoms with Crippen molar-refractivity contribution in [3.8, 4) is 0 Å². The molecule has 0 saturated carbocycles. The van der Waals surface area contributed by atoms with E-state index in [0.29, 0.717) is 17.5 Å². The van der Waals surface area contributed by atoms with Crippen LogP contribution in [0.25, 0.3) is 0 Å². The van der Waals surface area contributed by atoms with E-state index in [-0.39, 0.29) is 0 Å². The number of ether oxygens (including phenoxy) is 2. The summed E-state index contributed by atoms with van der Waals surface area (Å²) in [4.78, 5) is 0. The zero-order valence-corrected chi connectivity index (χ0v) is 20.6. The Morgan fingerprint density at radius 3 is 1.81 bits per heavy atom. The van der Waals surface area contributed by atoms with Gasteiger partial charge >= 0.3 is 167 Å². The fourth-order valence-electron chi connectivity index (χ4n) is 4.04. The van der Waals surface area contributed by atoms with Crippen molar-refractivity contribution in [2.45, 2.75) is 96.7 Å². The van der Waals surface area contributed by atoms with Gasteiger partial charge in [-0.15, -0.1) is 0 Å². The summed E-state index contributed by atoms with van der Waals surface area (Å²) in [6, 6.07) is 10.4. The first-order chi connectivity index (χ1) is 12.7. The fraction of sp³-hybridized carbons (Fsp3) is 0.739. The predicted octanol–water partition coefficient (Wildman–Crippen LogP) is 7.34. The molecule has 0 heterocycles. The maximum absolute atomic E-state index is 6.44. The summed E-state index contributed by atoms with van der Waals surface area (Å²) in [5, 5.41) is 0. The van der Waals surface area contributed by atoms with Crippen LogP contribution in [-0.4, -0.2) is 29.3 Å². The van der Waals surface area contributed by atoms with Crippen molar-refractivity contribution in [1.82, 2.24) is 0 Å². The van der Waals surface area contributed by atoms with Crippen LogP contribution in [-0.2, 0) is 16.1 Å². The van der Waals surface area contributed by atoms with Gasteiger partial charge in [-0.25, -0.2) is 0 Å². The Hall–Kier alpha value is -0.0613. The topological polar surface area (TPSA) is 18.5 Å². The Balaban J connectivity index is 2.67. The number of hydrogen-bond donors (Lipinski definition) is 0. The van der Waals surface area contributed by atoms with Crippen LogP contribution in [0.1, 0.15) is 78.2 Å². The Kier molecular flexibility index (Phi) is 13.8. The number of benzene rings is 1. The average Bonchev–Trinajstić information content (AvgIpc) is 2.69. The van der Waals surface area contributed by atoms with E-state index in [1.54, 1.807) is 0 Å². The Morgan fingerprint density at radius 2 is 1.35 bits per heavy atom. The van der Waals surface area contributed by atoms with Gasteiger partial charge < -0.3 is 0 Å². The zero-order chi connectivity index (χ0) is 19.1. The summed E-state index contributed by atoms with van der Waals surface area (Å²) >= 11 is -2.31. The van der Waals surface area contributed by atoms with Gasteiger partial charge in [0, 0.05) is 0 Å². The second kappa shape index (κ2) is 14.9. The molecule has 2 nitrogen and oxygen atoms in total. The Morgan fingerprint density at radius 1 is 0.808 bits per heavy atom. The summed E-state index contributed by atoms with van der Waals surface area (Å²) in [6.45, 7) is 10.4. The number of hydrogen-bond acceptors (Lipinski definition) is 2. The molecule has 0 amide bonds. The van der Waals surface area contributed by atoms with Crippen molar-refractivity contribution in [3.05, 3.63) is 35.9 Å². The maximum atomic E-state index is 6.44. The monoisotopic (exact) mass is 470 g/mol. The van der Waals surface area contributed by atoms with Gasteiger partial charge in [0.15, 0.2) is 0 Å². The summed E-state index contributed by atoms with van der Waals surface area (Å²) < 4.78 is 17.3. The molecule has 0 N–H and O–H groups in total. The predicted molar refractivity (Wildman–Crippen MR) is 116 cm³/mol. The van der Waals surface area contributed by atoms with Crippen LogP contribution in [0.3, 0.4) is 0 Å². The fourth-order valence-corrected chi connectivity index (χ4v) is 21.7. The van der Waals surface area contributed by atoms with Gasteiger partial charge in [0.25, 0.3) is 0 Å². The van der Waals surface area contributed by atoms with Gasteiger partial charge in [0.05, 0.1) is 0 Å². The standard InChI is InChI=1S/C11H15O2.3C4H9.Sn/c1-2-8-12-10-13-9-11-6-4-3-5-7-11;3*1-3-4-2;/h3-8H,2,9-10H2,1H3;3*1,3-4H2,2H3;. The van der Waals surface area contributed by atoms with Crippen molar-refractivity contribution < 1.29 is 9.47 Å². The molecular formula is C23H42O2Sn. The van der Waals surface area contributed by atoms with Crippen LogP contribution in [0.4, 0.5) is 0 Å². The summed E-state index contributed by atoms with van der Waals surface area (Å²) in [7, 11) is 0. The van der Waals surface area contributed by atoms with Crippen molar-refractivity contribution in [2.24, 2.45) is 0 Å². The minimum absolute atomic E-state index is 0.455. The van der Waals surface area contributed by atoms with E-state index in [9.17, 15) is 0 Å². The van der Waals surface area contributed by atoms with E-state index in [2.05, 4.69) is 52.0 Å².